The van der Waals surface area contributed by atoms with Gasteiger partial charge in [-0.25, -0.2) is 0 Å². The van der Waals surface area contributed by atoms with E-state index in [1.54, 1.807) is 7.11 Å². The largest absolute Gasteiger partial charge is 0.497 e. The second kappa shape index (κ2) is 9.56. The van der Waals surface area contributed by atoms with Crippen molar-refractivity contribution in [3.8, 4) is 5.75 Å². The van der Waals surface area contributed by atoms with E-state index in [0.717, 1.165) is 25.3 Å². The van der Waals surface area contributed by atoms with Gasteiger partial charge in [-0.2, -0.15) is 0 Å². The predicted octanol–water partition coefficient (Wildman–Crippen LogP) is 3.01. The molecular formula is C19H30N2O2. The monoisotopic (exact) mass is 318 g/mol. The number of ether oxygens (including phenoxy) is 1. The number of nitrogens with zero attached hydrogens (tertiary/aromatic N) is 1. The first-order valence-corrected chi connectivity index (χ1v) is 8.86. The van der Waals surface area contributed by atoms with E-state index >= 15 is 0 Å². The van der Waals surface area contributed by atoms with E-state index < -0.39 is 0 Å². The smallest absolute Gasteiger partial charge is 0.221 e. The molecule has 0 radical (unpaired) electrons. The fourth-order valence-electron chi connectivity index (χ4n) is 3.32. The number of carbonyl (C=O) groups is 1. The molecule has 1 saturated heterocycles. The van der Waals surface area contributed by atoms with Crippen molar-refractivity contribution in [1.29, 1.82) is 0 Å². The SMILES string of the molecule is CCC1CCCCN1CCC(=O)NCCc1cccc(OC)c1. The summed E-state index contributed by atoms with van der Waals surface area (Å²) < 4.78 is 5.22. The minimum Gasteiger partial charge on any atom is -0.497 e. The molecule has 2 rings (SSSR count). The van der Waals surface area contributed by atoms with Gasteiger partial charge in [0.25, 0.3) is 0 Å². The highest BCUT2D eigenvalue weighted by atomic mass is 16.5. The van der Waals surface area contributed by atoms with Crippen molar-refractivity contribution in [1.82, 2.24) is 10.2 Å². The number of methoxy groups -OCH3 is 1. The van der Waals surface area contributed by atoms with Crippen LogP contribution in [-0.2, 0) is 11.2 Å². The number of rotatable bonds is 8. The van der Waals surface area contributed by atoms with Gasteiger partial charge in [0.15, 0.2) is 0 Å². The van der Waals surface area contributed by atoms with E-state index in [0.29, 0.717) is 19.0 Å². The van der Waals surface area contributed by atoms with E-state index in [-0.39, 0.29) is 5.91 Å². The summed E-state index contributed by atoms with van der Waals surface area (Å²) >= 11 is 0. The third kappa shape index (κ3) is 5.87. The van der Waals surface area contributed by atoms with Crippen molar-refractivity contribution in [2.24, 2.45) is 0 Å². The number of carbonyl (C=O) groups excluding carboxylic acids is 1. The lowest BCUT2D eigenvalue weighted by Crippen LogP contribution is -2.41. The Morgan fingerprint density at radius 3 is 3.04 bits per heavy atom. The van der Waals surface area contributed by atoms with Crippen LogP contribution in [0.15, 0.2) is 24.3 Å². The molecule has 0 aliphatic carbocycles. The van der Waals surface area contributed by atoms with Gasteiger partial charge in [-0.05, 0) is 49.9 Å². The van der Waals surface area contributed by atoms with Gasteiger partial charge in [0, 0.05) is 25.6 Å². The lowest BCUT2D eigenvalue weighted by atomic mass is 10.00. The molecule has 4 nitrogen and oxygen atoms in total. The van der Waals surface area contributed by atoms with E-state index in [1.165, 1.54) is 31.2 Å². The van der Waals surface area contributed by atoms with Gasteiger partial charge >= 0.3 is 0 Å². The number of nitrogens with one attached hydrogen (secondary N) is 1. The molecule has 23 heavy (non-hydrogen) atoms. The molecular weight excluding hydrogens is 288 g/mol. The Hall–Kier alpha value is -1.55. The number of benzene rings is 1. The summed E-state index contributed by atoms with van der Waals surface area (Å²) in [6.45, 7) is 4.97. The van der Waals surface area contributed by atoms with Gasteiger partial charge in [-0.1, -0.05) is 25.5 Å². The van der Waals surface area contributed by atoms with Crippen LogP contribution in [0.5, 0.6) is 5.75 Å². The Morgan fingerprint density at radius 1 is 1.39 bits per heavy atom. The third-order valence-electron chi connectivity index (χ3n) is 4.72. The Morgan fingerprint density at radius 2 is 2.26 bits per heavy atom. The molecule has 128 valence electrons. The van der Waals surface area contributed by atoms with Crippen LogP contribution in [0, 0.1) is 0 Å². The van der Waals surface area contributed by atoms with E-state index in [2.05, 4.69) is 23.2 Å². The first-order valence-electron chi connectivity index (χ1n) is 8.86. The molecule has 1 N–H and O–H groups in total. The number of amides is 1. The summed E-state index contributed by atoms with van der Waals surface area (Å²) in [5, 5.41) is 3.03. The Kier molecular flexibility index (Phi) is 7.40. The molecule has 0 saturated carbocycles. The summed E-state index contributed by atoms with van der Waals surface area (Å²) in [7, 11) is 1.67. The zero-order chi connectivity index (χ0) is 16.5. The normalized spacial score (nSPS) is 18.6. The van der Waals surface area contributed by atoms with Crippen molar-refractivity contribution in [2.75, 3.05) is 26.7 Å². The first-order chi connectivity index (χ1) is 11.2. The van der Waals surface area contributed by atoms with E-state index in [4.69, 9.17) is 4.74 Å². The van der Waals surface area contributed by atoms with Crippen LogP contribution in [-0.4, -0.2) is 43.6 Å². The van der Waals surface area contributed by atoms with Gasteiger partial charge in [-0.3, -0.25) is 9.69 Å². The van der Waals surface area contributed by atoms with Crippen LogP contribution in [0.2, 0.25) is 0 Å². The summed E-state index contributed by atoms with van der Waals surface area (Å²) in [6.07, 6.45) is 6.53. The number of hydrogen-bond donors (Lipinski definition) is 1. The first kappa shape index (κ1) is 17.8. The van der Waals surface area contributed by atoms with Crippen LogP contribution in [0.25, 0.3) is 0 Å². The molecule has 1 aromatic rings. The van der Waals surface area contributed by atoms with Gasteiger partial charge < -0.3 is 10.1 Å². The van der Waals surface area contributed by atoms with Crippen molar-refractivity contribution in [2.45, 2.75) is 51.5 Å². The molecule has 1 atom stereocenters. The van der Waals surface area contributed by atoms with Gasteiger partial charge in [-0.15, -0.1) is 0 Å². The average molecular weight is 318 g/mol. The highest BCUT2D eigenvalue weighted by Crippen LogP contribution is 2.19. The van der Waals surface area contributed by atoms with Gasteiger partial charge in [0.2, 0.25) is 5.91 Å². The molecule has 1 aliphatic rings. The van der Waals surface area contributed by atoms with Crippen LogP contribution >= 0.6 is 0 Å². The standard InChI is InChI=1S/C19H30N2O2/c1-3-17-8-4-5-13-21(17)14-11-19(22)20-12-10-16-7-6-9-18(15-16)23-2/h6-7,9,15,17H,3-5,8,10-14H2,1-2H3,(H,20,22). The van der Waals surface area contributed by atoms with Crippen LogP contribution in [0.4, 0.5) is 0 Å². The van der Waals surface area contributed by atoms with Gasteiger partial charge in [0.1, 0.15) is 5.75 Å². The van der Waals surface area contributed by atoms with Crippen molar-refractivity contribution in [3.05, 3.63) is 29.8 Å². The fraction of sp³-hybridized carbons (Fsp3) is 0.632. The van der Waals surface area contributed by atoms with Crippen LogP contribution in [0.1, 0.15) is 44.6 Å². The maximum Gasteiger partial charge on any atom is 0.221 e. The van der Waals surface area contributed by atoms with Crippen molar-refractivity contribution >= 4 is 5.91 Å². The molecule has 0 aromatic heterocycles. The molecule has 1 heterocycles. The van der Waals surface area contributed by atoms with Crippen molar-refractivity contribution in [3.63, 3.8) is 0 Å². The highest BCUT2D eigenvalue weighted by molar-refractivity contribution is 5.76. The zero-order valence-electron chi connectivity index (χ0n) is 14.5. The highest BCUT2D eigenvalue weighted by Gasteiger charge is 2.20. The Labute approximate surface area is 140 Å². The predicted molar refractivity (Wildman–Crippen MR) is 93.8 cm³/mol. The fourth-order valence-corrected chi connectivity index (χ4v) is 3.32. The molecule has 4 heteroatoms. The topological polar surface area (TPSA) is 41.6 Å². The lowest BCUT2D eigenvalue weighted by Gasteiger charge is -2.35. The second-order valence-electron chi connectivity index (χ2n) is 6.30. The maximum absolute atomic E-state index is 12.0. The maximum atomic E-state index is 12.0. The Bertz CT molecular complexity index is 490. The molecule has 1 unspecified atom stereocenters. The van der Waals surface area contributed by atoms with Crippen LogP contribution < -0.4 is 10.1 Å². The Balaban J connectivity index is 1.66. The van der Waals surface area contributed by atoms with E-state index in [9.17, 15) is 4.79 Å². The lowest BCUT2D eigenvalue weighted by molar-refractivity contribution is -0.121. The van der Waals surface area contributed by atoms with Crippen molar-refractivity contribution < 1.29 is 9.53 Å². The van der Waals surface area contributed by atoms with E-state index in [1.807, 2.05) is 18.2 Å². The molecule has 0 bridgehead atoms. The third-order valence-corrected chi connectivity index (χ3v) is 4.72. The average Bonchev–Trinajstić information content (AvgIpc) is 2.60. The molecule has 1 aliphatic heterocycles. The number of likely N-dealkylation sites (tertiary alicyclic amines) is 1. The van der Waals surface area contributed by atoms with Gasteiger partial charge in [0.05, 0.1) is 7.11 Å². The molecule has 1 amide bonds. The molecule has 1 fully saturated rings. The summed E-state index contributed by atoms with van der Waals surface area (Å²) in [4.78, 5) is 14.5. The molecule has 0 spiro atoms. The summed E-state index contributed by atoms with van der Waals surface area (Å²) in [6, 6.07) is 8.68. The minimum atomic E-state index is 0.160. The minimum absolute atomic E-state index is 0.160. The summed E-state index contributed by atoms with van der Waals surface area (Å²) in [5.74, 6) is 1.03. The molecule has 1 aromatic carbocycles. The quantitative estimate of drug-likeness (QED) is 0.801. The number of piperidine rings is 1. The summed E-state index contributed by atoms with van der Waals surface area (Å²) in [5.41, 5.74) is 1.19. The number of hydrogen-bond acceptors (Lipinski definition) is 3. The second-order valence-corrected chi connectivity index (χ2v) is 6.30. The zero-order valence-corrected chi connectivity index (χ0v) is 14.5. The van der Waals surface area contributed by atoms with Crippen LogP contribution in [0.3, 0.4) is 0 Å².